The van der Waals surface area contributed by atoms with Crippen LogP contribution in [-0.4, -0.2) is 0 Å². The third-order valence-corrected chi connectivity index (χ3v) is 3.51. The lowest BCUT2D eigenvalue weighted by atomic mass is 10.2. The third-order valence-electron chi connectivity index (χ3n) is 2.19. The smallest absolute Gasteiger partial charge is 0.124 e. The summed E-state index contributed by atoms with van der Waals surface area (Å²) in [4.78, 5) is 0. The van der Waals surface area contributed by atoms with Crippen LogP contribution in [0.25, 0.3) is 0 Å². The summed E-state index contributed by atoms with van der Waals surface area (Å²) < 4.78 is 27.0. The summed E-state index contributed by atoms with van der Waals surface area (Å²) in [5.41, 5.74) is 1.35. The molecule has 0 atom stereocenters. The number of hydrogen-bond acceptors (Lipinski definition) is 0. The van der Waals surface area contributed by atoms with E-state index in [9.17, 15) is 8.78 Å². The predicted molar refractivity (Wildman–Crippen MR) is 74.2 cm³/mol. The van der Waals surface area contributed by atoms with Crippen molar-refractivity contribution in [3.63, 3.8) is 0 Å². The van der Waals surface area contributed by atoms with Crippen LogP contribution < -0.4 is 0 Å². The first-order valence-electron chi connectivity index (χ1n) is 4.98. The number of hydrogen-bond donors (Lipinski definition) is 0. The normalized spacial score (nSPS) is 9.78. The van der Waals surface area contributed by atoms with Gasteiger partial charge in [-0.3, -0.25) is 0 Å². The molecule has 0 aliphatic heterocycles. The second-order valence-electron chi connectivity index (χ2n) is 3.50. The zero-order valence-electron chi connectivity index (χ0n) is 8.98. The Morgan fingerprint density at radius 2 is 1.11 bits per heavy atom. The van der Waals surface area contributed by atoms with Crippen molar-refractivity contribution in [2.45, 2.75) is 0 Å². The summed E-state index contributed by atoms with van der Waals surface area (Å²) in [6.45, 7) is 0. The van der Waals surface area contributed by atoms with Crippen LogP contribution in [0, 0.1) is 23.5 Å². The van der Waals surface area contributed by atoms with Crippen molar-refractivity contribution in [1.29, 1.82) is 0 Å². The van der Waals surface area contributed by atoms with Gasteiger partial charge in [-0.25, -0.2) is 8.78 Å². The minimum Gasteiger partial charge on any atom is -0.207 e. The van der Waals surface area contributed by atoms with Crippen LogP contribution in [0.4, 0.5) is 8.78 Å². The second kappa shape index (κ2) is 5.64. The monoisotopic (exact) mass is 370 g/mol. The number of rotatable bonds is 0. The first-order valence-corrected chi connectivity index (χ1v) is 6.57. The highest BCUT2D eigenvalue weighted by atomic mass is 79.9. The Labute approximate surface area is 120 Å². The highest BCUT2D eigenvalue weighted by molar-refractivity contribution is 9.10. The fraction of sp³-hybridized carbons (Fsp3) is 0. The van der Waals surface area contributed by atoms with Crippen molar-refractivity contribution in [2.24, 2.45) is 0 Å². The molecule has 90 valence electrons. The minimum absolute atomic E-state index is 0.324. The molecule has 0 saturated carbocycles. The molecular weight excluding hydrogens is 366 g/mol. The van der Waals surface area contributed by atoms with E-state index in [1.54, 1.807) is 12.1 Å². The molecule has 0 aromatic heterocycles. The van der Waals surface area contributed by atoms with E-state index < -0.39 is 0 Å². The summed E-state index contributed by atoms with van der Waals surface area (Å²) in [6, 6.07) is 8.56. The van der Waals surface area contributed by atoms with E-state index in [1.807, 2.05) is 0 Å². The standard InChI is InChI=1S/C14H6Br2F2/c15-13-7-11(17)5-3-9(13)1-2-10-4-6-12(18)8-14(10)16/h3-8H. The van der Waals surface area contributed by atoms with E-state index >= 15 is 0 Å². The van der Waals surface area contributed by atoms with Crippen molar-refractivity contribution < 1.29 is 8.78 Å². The molecule has 0 nitrogen and oxygen atoms in total. The second-order valence-corrected chi connectivity index (χ2v) is 5.21. The molecule has 0 saturated heterocycles. The van der Waals surface area contributed by atoms with Crippen molar-refractivity contribution in [2.75, 3.05) is 0 Å². The molecule has 2 rings (SSSR count). The summed E-state index contributed by atoms with van der Waals surface area (Å²) in [7, 11) is 0. The molecule has 18 heavy (non-hydrogen) atoms. The average Bonchev–Trinajstić information content (AvgIpc) is 2.30. The van der Waals surface area contributed by atoms with Gasteiger partial charge in [0.15, 0.2) is 0 Å². The zero-order chi connectivity index (χ0) is 13.1. The lowest BCUT2D eigenvalue weighted by molar-refractivity contribution is 0.626. The maximum Gasteiger partial charge on any atom is 0.124 e. The van der Waals surface area contributed by atoms with Crippen LogP contribution in [0.2, 0.25) is 0 Å². The first kappa shape index (κ1) is 13.3. The van der Waals surface area contributed by atoms with Crippen LogP contribution in [0.3, 0.4) is 0 Å². The molecule has 4 heteroatoms. The molecule has 0 radical (unpaired) electrons. The van der Waals surface area contributed by atoms with Crippen LogP contribution in [0.1, 0.15) is 11.1 Å². The van der Waals surface area contributed by atoms with Crippen molar-refractivity contribution >= 4 is 31.9 Å². The lowest BCUT2D eigenvalue weighted by Crippen LogP contribution is -1.83. The van der Waals surface area contributed by atoms with Gasteiger partial charge in [0.05, 0.1) is 0 Å². The third kappa shape index (κ3) is 3.18. The SMILES string of the molecule is Fc1ccc(C#Cc2ccc(F)cc2Br)c(Br)c1. The highest BCUT2D eigenvalue weighted by Gasteiger charge is 2.00. The van der Waals surface area contributed by atoms with Crippen molar-refractivity contribution in [3.05, 3.63) is 68.1 Å². The first-order chi connectivity index (χ1) is 8.56. The Balaban J connectivity index is 2.37. The number of halogens is 4. The van der Waals surface area contributed by atoms with Crippen LogP contribution >= 0.6 is 31.9 Å². The predicted octanol–water partition coefficient (Wildman–Crippen LogP) is 4.89. The molecule has 0 spiro atoms. The minimum atomic E-state index is -0.324. The summed E-state index contributed by atoms with van der Waals surface area (Å²) in [5.74, 6) is 5.15. The topological polar surface area (TPSA) is 0 Å². The van der Waals surface area contributed by atoms with E-state index in [2.05, 4.69) is 43.7 Å². The van der Waals surface area contributed by atoms with E-state index in [0.29, 0.717) is 20.1 Å². The average molecular weight is 372 g/mol. The van der Waals surface area contributed by atoms with Gasteiger partial charge in [0.1, 0.15) is 11.6 Å². The fourth-order valence-electron chi connectivity index (χ4n) is 1.32. The zero-order valence-corrected chi connectivity index (χ0v) is 12.1. The van der Waals surface area contributed by atoms with E-state index in [0.717, 1.165) is 0 Å². The van der Waals surface area contributed by atoms with Crippen LogP contribution in [-0.2, 0) is 0 Å². The van der Waals surface area contributed by atoms with Gasteiger partial charge in [0, 0.05) is 20.1 Å². The molecule has 2 aromatic carbocycles. The Bertz CT molecular complexity index is 599. The Morgan fingerprint density at radius 3 is 1.44 bits per heavy atom. The van der Waals surface area contributed by atoms with Gasteiger partial charge in [0.25, 0.3) is 0 Å². The van der Waals surface area contributed by atoms with Gasteiger partial charge in [-0.1, -0.05) is 11.8 Å². The van der Waals surface area contributed by atoms with Gasteiger partial charge in [-0.15, -0.1) is 0 Å². The van der Waals surface area contributed by atoms with Crippen molar-refractivity contribution in [1.82, 2.24) is 0 Å². The molecule has 0 N–H and O–H groups in total. The van der Waals surface area contributed by atoms with E-state index in [1.165, 1.54) is 24.3 Å². The molecule has 0 heterocycles. The largest absolute Gasteiger partial charge is 0.207 e. The molecule has 0 amide bonds. The molecule has 0 fully saturated rings. The van der Waals surface area contributed by atoms with Crippen LogP contribution in [0.5, 0.6) is 0 Å². The van der Waals surface area contributed by atoms with Gasteiger partial charge >= 0.3 is 0 Å². The van der Waals surface area contributed by atoms with E-state index in [-0.39, 0.29) is 11.6 Å². The fourth-order valence-corrected chi connectivity index (χ4v) is 2.22. The molecule has 2 aromatic rings. The summed E-state index contributed by atoms with van der Waals surface area (Å²) in [6.07, 6.45) is 0. The van der Waals surface area contributed by atoms with Gasteiger partial charge in [-0.2, -0.15) is 0 Å². The molecule has 0 bridgehead atoms. The molecule has 0 aliphatic rings. The van der Waals surface area contributed by atoms with Crippen molar-refractivity contribution in [3.8, 4) is 11.8 Å². The maximum absolute atomic E-state index is 12.9. The summed E-state index contributed by atoms with van der Waals surface area (Å²) >= 11 is 6.47. The Kier molecular flexibility index (Phi) is 4.15. The lowest BCUT2D eigenvalue weighted by Gasteiger charge is -1.97. The highest BCUT2D eigenvalue weighted by Crippen LogP contribution is 2.19. The maximum atomic E-state index is 12.9. The van der Waals surface area contributed by atoms with Gasteiger partial charge in [0.2, 0.25) is 0 Å². The van der Waals surface area contributed by atoms with Gasteiger partial charge < -0.3 is 0 Å². The molecular formula is C14H6Br2F2. The van der Waals surface area contributed by atoms with E-state index in [4.69, 9.17) is 0 Å². The Hall–Kier alpha value is -1.18. The molecule has 0 aliphatic carbocycles. The summed E-state index contributed by atoms with van der Waals surface area (Å²) in [5, 5.41) is 0. The quantitative estimate of drug-likeness (QED) is 0.578. The van der Waals surface area contributed by atoms with Gasteiger partial charge in [-0.05, 0) is 68.3 Å². The van der Waals surface area contributed by atoms with Crippen LogP contribution in [0.15, 0.2) is 45.3 Å². The molecule has 0 unspecified atom stereocenters. The number of benzene rings is 2. The Morgan fingerprint density at radius 1 is 0.722 bits per heavy atom.